The number of aromatic nitrogens is 2. The lowest BCUT2D eigenvalue weighted by Crippen LogP contribution is -2.54. The van der Waals surface area contributed by atoms with Crippen LogP contribution >= 0.6 is 0 Å². The lowest BCUT2D eigenvalue weighted by Gasteiger charge is -2.38. The third-order valence-electron chi connectivity index (χ3n) is 3.68. The van der Waals surface area contributed by atoms with Crippen LogP contribution in [0.4, 0.5) is 17.3 Å². The molecule has 5 nitrogen and oxygen atoms in total. The second-order valence-corrected chi connectivity index (χ2v) is 5.42. The molecule has 2 aromatic rings. The highest BCUT2D eigenvalue weighted by atomic mass is 15.3. The highest BCUT2D eigenvalue weighted by Gasteiger charge is 2.23. The van der Waals surface area contributed by atoms with Crippen molar-refractivity contribution in [2.75, 3.05) is 23.3 Å². The van der Waals surface area contributed by atoms with Gasteiger partial charge >= 0.3 is 0 Å². The molecule has 0 aromatic carbocycles. The Morgan fingerprint density at radius 2 is 2.20 bits per heavy atom. The second kappa shape index (κ2) is 5.54. The van der Waals surface area contributed by atoms with E-state index in [1.165, 1.54) is 0 Å². The van der Waals surface area contributed by atoms with Crippen LogP contribution in [0.5, 0.6) is 0 Å². The number of pyridine rings is 1. The molecule has 5 heteroatoms. The number of hydrogen-bond acceptors (Lipinski definition) is 4. The first-order chi connectivity index (χ1) is 9.72. The lowest BCUT2D eigenvalue weighted by molar-refractivity contribution is 0.422. The number of hydrogen-bond donors (Lipinski definition) is 3. The predicted molar refractivity (Wildman–Crippen MR) is 82.6 cm³/mol. The summed E-state index contributed by atoms with van der Waals surface area (Å²) in [6.07, 6.45) is 3.78. The van der Waals surface area contributed by atoms with Crippen LogP contribution in [0.2, 0.25) is 0 Å². The van der Waals surface area contributed by atoms with Gasteiger partial charge in [-0.25, -0.2) is 4.98 Å². The number of anilines is 3. The largest absolute Gasteiger partial charge is 0.351 e. The Morgan fingerprint density at radius 3 is 2.90 bits per heavy atom. The van der Waals surface area contributed by atoms with Crippen molar-refractivity contribution < 1.29 is 0 Å². The van der Waals surface area contributed by atoms with Crippen LogP contribution in [0, 0.1) is 0 Å². The minimum absolute atomic E-state index is 0.473. The Labute approximate surface area is 119 Å². The minimum atomic E-state index is 0.473. The number of nitrogens with zero attached hydrogens (tertiary/aromatic N) is 2. The molecule has 3 rings (SSSR count). The zero-order chi connectivity index (χ0) is 13.9. The van der Waals surface area contributed by atoms with Crippen LogP contribution in [0.15, 0.2) is 36.7 Å². The summed E-state index contributed by atoms with van der Waals surface area (Å²) in [7, 11) is 0. The first-order valence-corrected chi connectivity index (χ1v) is 7.09. The van der Waals surface area contributed by atoms with E-state index >= 15 is 0 Å². The van der Waals surface area contributed by atoms with Crippen molar-refractivity contribution in [2.24, 2.45) is 0 Å². The Bertz CT molecular complexity index is 534. The van der Waals surface area contributed by atoms with Gasteiger partial charge in [0.1, 0.15) is 11.6 Å². The Morgan fingerprint density at radius 1 is 1.30 bits per heavy atom. The SMILES string of the molecule is C[C@@H]1CN[C@@H](C)CN1c1ccc(Nc2ccc[nH]2)cn1. The molecule has 0 bridgehead atoms. The summed E-state index contributed by atoms with van der Waals surface area (Å²) in [6, 6.07) is 9.09. The quantitative estimate of drug-likeness (QED) is 0.802. The topological polar surface area (TPSA) is 56.0 Å². The fraction of sp³-hybridized carbons (Fsp3) is 0.400. The van der Waals surface area contributed by atoms with Crippen molar-refractivity contribution in [1.29, 1.82) is 0 Å². The minimum Gasteiger partial charge on any atom is -0.351 e. The van der Waals surface area contributed by atoms with E-state index in [0.717, 1.165) is 30.4 Å². The molecule has 20 heavy (non-hydrogen) atoms. The Balaban J connectivity index is 1.72. The first kappa shape index (κ1) is 13.0. The van der Waals surface area contributed by atoms with Crippen LogP contribution in [0.1, 0.15) is 13.8 Å². The third kappa shape index (κ3) is 2.77. The normalized spacial score (nSPS) is 22.8. The first-order valence-electron chi connectivity index (χ1n) is 7.09. The van der Waals surface area contributed by atoms with Crippen LogP contribution < -0.4 is 15.5 Å². The second-order valence-electron chi connectivity index (χ2n) is 5.42. The van der Waals surface area contributed by atoms with Gasteiger partial charge in [0.25, 0.3) is 0 Å². The number of rotatable bonds is 3. The molecule has 1 saturated heterocycles. The molecule has 3 N–H and O–H groups in total. The van der Waals surface area contributed by atoms with Crippen molar-refractivity contribution in [3.63, 3.8) is 0 Å². The van der Waals surface area contributed by atoms with E-state index < -0.39 is 0 Å². The molecule has 2 aromatic heterocycles. The average molecular weight is 271 g/mol. The molecule has 0 spiro atoms. The monoisotopic (exact) mass is 271 g/mol. The molecule has 1 aliphatic rings. The van der Waals surface area contributed by atoms with Crippen molar-refractivity contribution >= 4 is 17.3 Å². The highest BCUT2D eigenvalue weighted by Crippen LogP contribution is 2.20. The molecule has 1 aliphatic heterocycles. The van der Waals surface area contributed by atoms with Gasteiger partial charge in [-0.2, -0.15) is 0 Å². The van der Waals surface area contributed by atoms with Gasteiger partial charge in [0, 0.05) is 31.4 Å². The molecule has 106 valence electrons. The molecule has 0 aliphatic carbocycles. The van der Waals surface area contributed by atoms with Gasteiger partial charge in [-0.15, -0.1) is 0 Å². The Hall–Kier alpha value is -2.01. The van der Waals surface area contributed by atoms with E-state index in [0.29, 0.717) is 12.1 Å². The van der Waals surface area contributed by atoms with E-state index in [1.54, 1.807) is 0 Å². The summed E-state index contributed by atoms with van der Waals surface area (Å²) >= 11 is 0. The number of H-pyrrole nitrogens is 1. The number of nitrogens with one attached hydrogen (secondary N) is 3. The van der Waals surface area contributed by atoms with Crippen LogP contribution in [0.3, 0.4) is 0 Å². The zero-order valence-electron chi connectivity index (χ0n) is 11.9. The summed E-state index contributed by atoms with van der Waals surface area (Å²) in [4.78, 5) is 10.1. The molecule has 0 unspecified atom stereocenters. The third-order valence-corrected chi connectivity index (χ3v) is 3.68. The van der Waals surface area contributed by atoms with E-state index in [-0.39, 0.29) is 0 Å². The molecule has 1 fully saturated rings. The van der Waals surface area contributed by atoms with E-state index in [1.807, 2.05) is 24.5 Å². The molecule has 2 atom stereocenters. The molecule has 3 heterocycles. The van der Waals surface area contributed by atoms with Crippen LogP contribution in [-0.4, -0.2) is 35.1 Å². The maximum Gasteiger partial charge on any atom is 0.128 e. The molecular formula is C15H21N5. The molecular weight excluding hydrogens is 250 g/mol. The maximum atomic E-state index is 4.59. The maximum absolute atomic E-state index is 4.59. The summed E-state index contributed by atoms with van der Waals surface area (Å²) in [5.41, 5.74) is 0.993. The fourth-order valence-corrected chi connectivity index (χ4v) is 2.53. The van der Waals surface area contributed by atoms with Crippen LogP contribution in [0.25, 0.3) is 0 Å². The van der Waals surface area contributed by atoms with Gasteiger partial charge in [0.15, 0.2) is 0 Å². The fourth-order valence-electron chi connectivity index (χ4n) is 2.53. The molecule has 0 amide bonds. The van der Waals surface area contributed by atoms with Gasteiger partial charge in [0.05, 0.1) is 11.9 Å². The van der Waals surface area contributed by atoms with Crippen LogP contribution in [-0.2, 0) is 0 Å². The summed E-state index contributed by atoms with van der Waals surface area (Å²) < 4.78 is 0. The van der Waals surface area contributed by atoms with Gasteiger partial charge in [-0.05, 0) is 38.1 Å². The van der Waals surface area contributed by atoms with E-state index in [9.17, 15) is 0 Å². The summed E-state index contributed by atoms with van der Waals surface area (Å²) in [6.45, 7) is 6.44. The number of aromatic amines is 1. The summed E-state index contributed by atoms with van der Waals surface area (Å²) in [5.74, 6) is 2.02. The standard InChI is InChI=1S/C15H21N5/c1-11-10-20(12(2)8-17-11)15-6-5-13(9-18-15)19-14-4-3-7-16-14/h3-7,9,11-12,16-17,19H,8,10H2,1-2H3/t11-,12+/m0/s1. The van der Waals surface area contributed by atoms with Crippen molar-refractivity contribution in [3.05, 3.63) is 36.7 Å². The number of piperazine rings is 1. The van der Waals surface area contributed by atoms with E-state index in [4.69, 9.17) is 0 Å². The van der Waals surface area contributed by atoms with Gasteiger partial charge in [0.2, 0.25) is 0 Å². The van der Waals surface area contributed by atoms with Crippen molar-refractivity contribution in [3.8, 4) is 0 Å². The summed E-state index contributed by atoms with van der Waals surface area (Å²) in [5, 5.41) is 6.77. The van der Waals surface area contributed by atoms with Crippen molar-refractivity contribution in [2.45, 2.75) is 25.9 Å². The zero-order valence-corrected chi connectivity index (χ0v) is 11.9. The van der Waals surface area contributed by atoms with Crippen molar-refractivity contribution in [1.82, 2.24) is 15.3 Å². The van der Waals surface area contributed by atoms with Gasteiger partial charge in [-0.1, -0.05) is 0 Å². The van der Waals surface area contributed by atoms with Gasteiger partial charge in [-0.3, -0.25) is 0 Å². The molecule has 0 radical (unpaired) electrons. The van der Waals surface area contributed by atoms with Gasteiger partial charge < -0.3 is 20.5 Å². The Kier molecular flexibility index (Phi) is 3.60. The predicted octanol–water partition coefficient (Wildman–Crippen LogP) is 2.34. The smallest absolute Gasteiger partial charge is 0.128 e. The average Bonchev–Trinajstić information content (AvgIpc) is 2.95. The van der Waals surface area contributed by atoms with E-state index in [2.05, 4.69) is 51.5 Å². The lowest BCUT2D eigenvalue weighted by atomic mass is 10.1. The molecule has 0 saturated carbocycles. The highest BCUT2D eigenvalue weighted by molar-refractivity contribution is 5.57.